The van der Waals surface area contributed by atoms with Crippen LogP contribution in [0.4, 0.5) is 0 Å². The second-order valence-electron chi connectivity index (χ2n) is 7.32. The van der Waals surface area contributed by atoms with E-state index in [1.165, 1.54) is 0 Å². The lowest BCUT2D eigenvalue weighted by atomic mass is 9.82. The number of H-pyrrole nitrogens is 1. The molecule has 1 spiro atoms. The lowest BCUT2D eigenvalue weighted by Gasteiger charge is -2.39. The van der Waals surface area contributed by atoms with Gasteiger partial charge in [0.25, 0.3) is 0 Å². The zero-order valence-electron chi connectivity index (χ0n) is 14.4. The van der Waals surface area contributed by atoms with Gasteiger partial charge in [0.1, 0.15) is 0 Å². The average molecular weight is 359 g/mol. The molecule has 0 unspecified atom stereocenters. The molecule has 1 amide bonds. The molecule has 2 fully saturated rings. The SMILES string of the molecule is Cc1[nH]nc(CN2CCC3(CC2)C[C@H](c2ccccc2)C(=O)N3)c1Cl. The van der Waals surface area contributed by atoms with Gasteiger partial charge in [0.05, 0.1) is 22.3 Å². The van der Waals surface area contributed by atoms with Crippen molar-refractivity contribution in [3.63, 3.8) is 0 Å². The Kier molecular flexibility index (Phi) is 4.29. The predicted octanol–water partition coefficient (Wildman–Crippen LogP) is 3.01. The number of amides is 1. The van der Waals surface area contributed by atoms with E-state index < -0.39 is 0 Å². The Morgan fingerprint density at radius 2 is 2.00 bits per heavy atom. The van der Waals surface area contributed by atoms with E-state index in [1.807, 2.05) is 25.1 Å². The maximum absolute atomic E-state index is 12.5. The highest BCUT2D eigenvalue weighted by atomic mass is 35.5. The van der Waals surface area contributed by atoms with Crippen LogP contribution in [0.5, 0.6) is 0 Å². The van der Waals surface area contributed by atoms with Gasteiger partial charge in [0.2, 0.25) is 5.91 Å². The lowest BCUT2D eigenvalue weighted by molar-refractivity contribution is -0.121. The van der Waals surface area contributed by atoms with E-state index in [0.717, 1.165) is 60.9 Å². The third-order valence-electron chi connectivity index (χ3n) is 5.63. The summed E-state index contributed by atoms with van der Waals surface area (Å²) in [5.74, 6) is 0.154. The van der Waals surface area contributed by atoms with E-state index >= 15 is 0 Å². The molecule has 1 aromatic carbocycles. The van der Waals surface area contributed by atoms with Crippen molar-refractivity contribution in [1.29, 1.82) is 0 Å². The van der Waals surface area contributed by atoms with Crippen molar-refractivity contribution in [3.8, 4) is 0 Å². The minimum Gasteiger partial charge on any atom is -0.350 e. The molecule has 0 saturated carbocycles. The zero-order chi connectivity index (χ0) is 17.4. The summed E-state index contributed by atoms with van der Waals surface area (Å²) in [6.45, 7) is 4.59. The molecule has 25 heavy (non-hydrogen) atoms. The molecule has 0 aliphatic carbocycles. The van der Waals surface area contributed by atoms with Gasteiger partial charge in [-0.2, -0.15) is 5.10 Å². The number of likely N-dealkylation sites (tertiary alicyclic amines) is 1. The topological polar surface area (TPSA) is 61.0 Å². The van der Waals surface area contributed by atoms with Crippen molar-refractivity contribution in [2.45, 2.75) is 44.2 Å². The highest BCUT2D eigenvalue weighted by molar-refractivity contribution is 6.31. The van der Waals surface area contributed by atoms with Crippen LogP contribution in [0, 0.1) is 6.92 Å². The molecule has 2 aromatic rings. The number of nitrogens with zero attached hydrogens (tertiary/aromatic N) is 2. The molecule has 2 N–H and O–H groups in total. The molecule has 3 heterocycles. The van der Waals surface area contributed by atoms with Crippen molar-refractivity contribution < 1.29 is 4.79 Å². The molecule has 0 bridgehead atoms. The predicted molar refractivity (Wildman–Crippen MR) is 97.5 cm³/mol. The van der Waals surface area contributed by atoms with E-state index in [2.05, 4.69) is 32.5 Å². The molecule has 2 aliphatic rings. The number of hydrogen-bond acceptors (Lipinski definition) is 3. The zero-order valence-corrected chi connectivity index (χ0v) is 15.1. The first-order valence-corrected chi connectivity index (χ1v) is 9.23. The number of carbonyl (C=O) groups excluding carboxylic acids is 1. The van der Waals surface area contributed by atoms with Gasteiger partial charge in [-0.15, -0.1) is 0 Å². The van der Waals surface area contributed by atoms with Crippen LogP contribution in [0.25, 0.3) is 0 Å². The van der Waals surface area contributed by atoms with Crippen LogP contribution >= 0.6 is 11.6 Å². The van der Waals surface area contributed by atoms with Crippen molar-refractivity contribution >= 4 is 17.5 Å². The van der Waals surface area contributed by atoms with E-state index in [4.69, 9.17) is 11.6 Å². The summed E-state index contributed by atoms with van der Waals surface area (Å²) in [6.07, 6.45) is 2.85. The van der Waals surface area contributed by atoms with Crippen LogP contribution in [0.2, 0.25) is 5.02 Å². The van der Waals surface area contributed by atoms with Crippen LogP contribution in [0.1, 0.15) is 42.1 Å². The van der Waals surface area contributed by atoms with Gasteiger partial charge in [0, 0.05) is 25.2 Å². The highest BCUT2D eigenvalue weighted by Gasteiger charge is 2.46. The van der Waals surface area contributed by atoms with Crippen LogP contribution in [-0.4, -0.2) is 39.6 Å². The molecule has 2 saturated heterocycles. The Bertz CT molecular complexity index is 765. The molecule has 6 heteroatoms. The monoisotopic (exact) mass is 358 g/mol. The van der Waals surface area contributed by atoms with E-state index in [-0.39, 0.29) is 17.4 Å². The number of aromatic amines is 1. The van der Waals surface area contributed by atoms with E-state index in [1.54, 1.807) is 0 Å². The number of nitrogens with one attached hydrogen (secondary N) is 2. The second kappa shape index (κ2) is 6.46. The van der Waals surface area contributed by atoms with Crippen molar-refractivity contribution in [1.82, 2.24) is 20.4 Å². The Morgan fingerprint density at radius 1 is 1.28 bits per heavy atom. The van der Waals surface area contributed by atoms with Gasteiger partial charge in [0.15, 0.2) is 0 Å². The first kappa shape index (κ1) is 16.6. The van der Waals surface area contributed by atoms with Crippen molar-refractivity contribution in [2.24, 2.45) is 0 Å². The third kappa shape index (κ3) is 3.18. The Morgan fingerprint density at radius 3 is 2.64 bits per heavy atom. The van der Waals surface area contributed by atoms with Gasteiger partial charge >= 0.3 is 0 Å². The largest absolute Gasteiger partial charge is 0.350 e. The van der Waals surface area contributed by atoms with E-state index in [9.17, 15) is 4.79 Å². The maximum Gasteiger partial charge on any atom is 0.228 e. The van der Waals surface area contributed by atoms with Gasteiger partial charge in [-0.1, -0.05) is 41.9 Å². The summed E-state index contributed by atoms with van der Waals surface area (Å²) in [6, 6.07) is 10.1. The second-order valence-corrected chi connectivity index (χ2v) is 7.70. The summed E-state index contributed by atoms with van der Waals surface area (Å²) < 4.78 is 0. The van der Waals surface area contributed by atoms with E-state index in [0.29, 0.717) is 0 Å². The van der Waals surface area contributed by atoms with Crippen LogP contribution in [-0.2, 0) is 11.3 Å². The molecular formula is C19H23ClN4O. The number of rotatable bonds is 3. The number of halogens is 1. The molecular weight excluding hydrogens is 336 g/mol. The molecule has 132 valence electrons. The fraction of sp³-hybridized carbons (Fsp3) is 0.474. The summed E-state index contributed by atoms with van der Waals surface area (Å²) in [5, 5.41) is 11.3. The third-order valence-corrected chi connectivity index (χ3v) is 6.13. The van der Waals surface area contributed by atoms with Crippen molar-refractivity contribution in [2.75, 3.05) is 13.1 Å². The summed E-state index contributed by atoms with van der Waals surface area (Å²) in [5.41, 5.74) is 2.89. The number of hydrogen-bond donors (Lipinski definition) is 2. The van der Waals surface area contributed by atoms with Gasteiger partial charge in [-0.3, -0.25) is 14.8 Å². The average Bonchev–Trinajstić information content (AvgIpc) is 3.12. The first-order chi connectivity index (χ1) is 12.1. The smallest absolute Gasteiger partial charge is 0.228 e. The number of benzene rings is 1. The Hall–Kier alpha value is -1.85. The molecule has 5 nitrogen and oxygen atoms in total. The summed E-state index contributed by atoms with van der Waals surface area (Å²) in [7, 11) is 0. The van der Waals surface area contributed by atoms with Gasteiger partial charge < -0.3 is 5.32 Å². The van der Waals surface area contributed by atoms with Crippen LogP contribution < -0.4 is 5.32 Å². The summed E-state index contributed by atoms with van der Waals surface area (Å²) in [4.78, 5) is 14.9. The highest BCUT2D eigenvalue weighted by Crippen LogP contribution is 2.39. The molecule has 2 aliphatic heterocycles. The minimum absolute atomic E-state index is 0.0174. The minimum atomic E-state index is -0.0562. The van der Waals surface area contributed by atoms with Crippen LogP contribution in [0.3, 0.4) is 0 Å². The van der Waals surface area contributed by atoms with Gasteiger partial charge in [-0.05, 0) is 31.7 Å². The molecule has 4 rings (SSSR count). The molecule has 0 radical (unpaired) electrons. The number of carbonyl (C=O) groups is 1. The summed E-state index contributed by atoms with van der Waals surface area (Å²) >= 11 is 6.28. The fourth-order valence-electron chi connectivity index (χ4n) is 4.09. The number of aryl methyl sites for hydroxylation is 1. The standard InChI is InChI=1S/C19H23ClN4O/c1-13-17(20)16(23-22-13)12-24-9-7-19(8-10-24)11-15(18(25)21-19)14-5-3-2-4-6-14/h2-6,15H,7-12H2,1H3,(H,21,25)(H,22,23)/t15-/m1/s1. The Balaban J connectivity index is 1.40. The molecule has 1 aromatic heterocycles. The lowest BCUT2D eigenvalue weighted by Crippen LogP contribution is -2.50. The van der Waals surface area contributed by atoms with Crippen molar-refractivity contribution in [3.05, 3.63) is 52.3 Å². The fourth-order valence-corrected chi connectivity index (χ4v) is 4.23. The first-order valence-electron chi connectivity index (χ1n) is 8.85. The number of aromatic nitrogens is 2. The van der Waals surface area contributed by atoms with Crippen LogP contribution in [0.15, 0.2) is 30.3 Å². The maximum atomic E-state index is 12.5. The quantitative estimate of drug-likeness (QED) is 0.886. The Labute approximate surface area is 152 Å². The number of piperidine rings is 1. The normalized spacial score (nSPS) is 23.1. The van der Waals surface area contributed by atoms with Gasteiger partial charge in [-0.25, -0.2) is 0 Å². The molecule has 1 atom stereocenters.